The van der Waals surface area contributed by atoms with Crippen LogP contribution in [0, 0.1) is 0 Å². The van der Waals surface area contributed by atoms with Gasteiger partial charge in [0, 0.05) is 5.39 Å². The van der Waals surface area contributed by atoms with E-state index in [2.05, 4.69) is 17.1 Å². The molecule has 0 aliphatic carbocycles. The molecule has 0 saturated carbocycles. The summed E-state index contributed by atoms with van der Waals surface area (Å²) in [6.45, 7) is 0.486. The first kappa shape index (κ1) is 11.9. The Morgan fingerprint density at radius 1 is 0.842 bits per heavy atom. The highest BCUT2D eigenvalue weighted by Gasteiger charge is 2.00. The van der Waals surface area contributed by atoms with Gasteiger partial charge in [-0.1, -0.05) is 60.1 Å². The lowest BCUT2D eigenvalue weighted by atomic mass is 9.88. The third kappa shape index (κ3) is 3.01. The number of hydrogen-bond donors (Lipinski definition) is 0. The zero-order valence-corrected chi connectivity index (χ0v) is 10.5. The molecule has 1 radical (unpaired) electrons. The molecule has 0 unspecified atom stereocenters. The first-order valence-corrected chi connectivity index (χ1v) is 6.26. The standard InChI is InChI=1S/C16H13BNO/c1-2-7-14(8-3-1)17-19-12-15-11-10-13-6-4-5-9-16(13)18-15/h1-11H,12H2. The lowest BCUT2D eigenvalue weighted by Crippen LogP contribution is -2.16. The lowest BCUT2D eigenvalue weighted by Gasteiger charge is -2.04. The fourth-order valence-corrected chi connectivity index (χ4v) is 1.94. The fraction of sp³-hybridized carbons (Fsp3) is 0.0625. The summed E-state index contributed by atoms with van der Waals surface area (Å²) in [5.74, 6) is 0. The summed E-state index contributed by atoms with van der Waals surface area (Å²) in [5, 5.41) is 1.15. The van der Waals surface area contributed by atoms with E-state index in [-0.39, 0.29) is 0 Å². The second-order valence-corrected chi connectivity index (χ2v) is 4.33. The topological polar surface area (TPSA) is 22.1 Å². The number of aromatic nitrogens is 1. The number of fused-ring (bicyclic) bond motifs is 1. The maximum Gasteiger partial charge on any atom is 0.330 e. The smallest absolute Gasteiger partial charge is 0.330 e. The van der Waals surface area contributed by atoms with Crippen LogP contribution in [0.3, 0.4) is 0 Å². The molecule has 0 aliphatic heterocycles. The van der Waals surface area contributed by atoms with Crippen LogP contribution in [0.2, 0.25) is 0 Å². The number of para-hydroxylation sites is 1. The van der Waals surface area contributed by atoms with Crippen molar-refractivity contribution in [3.63, 3.8) is 0 Å². The van der Waals surface area contributed by atoms with E-state index in [4.69, 9.17) is 4.65 Å². The van der Waals surface area contributed by atoms with Crippen molar-refractivity contribution in [2.75, 3.05) is 0 Å². The quantitative estimate of drug-likeness (QED) is 0.660. The summed E-state index contributed by atoms with van der Waals surface area (Å²) in [6, 6.07) is 22.1. The van der Waals surface area contributed by atoms with Crippen LogP contribution in [0.15, 0.2) is 66.7 Å². The van der Waals surface area contributed by atoms with Crippen molar-refractivity contribution in [2.45, 2.75) is 6.61 Å². The van der Waals surface area contributed by atoms with Gasteiger partial charge in [0.15, 0.2) is 0 Å². The van der Waals surface area contributed by atoms with Crippen LogP contribution < -0.4 is 5.46 Å². The summed E-state index contributed by atoms with van der Waals surface area (Å²) in [6.07, 6.45) is 0. The van der Waals surface area contributed by atoms with E-state index in [0.29, 0.717) is 6.61 Å². The van der Waals surface area contributed by atoms with E-state index >= 15 is 0 Å². The highest BCUT2D eigenvalue weighted by atomic mass is 16.4. The molecule has 0 amide bonds. The van der Waals surface area contributed by atoms with E-state index in [1.54, 1.807) is 7.48 Å². The second kappa shape index (κ2) is 5.68. The molecule has 0 fully saturated rings. The van der Waals surface area contributed by atoms with E-state index in [0.717, 1.165) is 22.1 Å². The van der Waals surface area contributed by atoms with Crippen LogP contribution in [0.1, 0.15) is 5.69 Å². The Balaban J connectivity index is 1.65. The van der Waals surface area contributed by atoms with E-state index < -0.39 is 0 Å². The summed E-state index contributed by atoms with van der Waals surface area (Å²) >= 11 is 0. The number of benzene rings is 2. The van der Waals surface area contributed by atoms with Gasteiger partial charge in [0.05, 0.1) is 17.8 Å². The van der Waals surface area contributed by atoms with Crippen molar-refractivity contribution in [3.05, 3.63) is 72.4 Å². The molecule has 3 aromatic rings. The average molecular weight is 246 g/mol. The molecule has 1 aromatic heterocycles. The van der Waals surface area contributed by atoms with Gasteiger partial charge in [-0.3, -0.25) is 4.98 Å². The van der Waals surface area contributed by atoms with Crippen molar-refractivity contribution >= 4 is 23.8 Å². The molecular weight excluding hydrogens is 233 g/mol. The largest absolute Gasteiger partial charge is 0.429 e. The molecule has 0 N–H and O–H groups in total. The molecule has 3 heteroatoms. The van der Waals surface area contributed by atoms with Gasteiger partial charge in [-0.15, -0.1) is 0 Å². The molecule has 19 heavy (non-hydrogen) atoms. The predicted molar refractivity (Wildman–Crippen MR) is 78.4 cm³/mol. The second-order valence-electron chi connectivity index (χ2n) is 4.33. The molecule has 0 spiro atoms. The van der Waals surface area contributed by atoms with Gasteiger partial charge in [0.25, 0.3) is 0 Å². The van der Waals surface area contributed by atoms with E-state index in [9.17, 15) is 0 Å². The number of nitrogens with zero attached hydrogens (tertiary/aromatic N) is 1. The van der Waals surface area contributed by atoms with Gasteiger partial charge in [-0.25, -0.2) is 0 Å². The number of pyridine rings is 1. The lowest BCUT2D eigenvalue weighted by molar-refractivity contribution is 0.325. The first-order valence-electron chi connectivity index (χ1n) is 6.26. The zero-order chi connectivity index (χ0) is 12.9. The molecule has 1 heterocycles. The summed E-state index contributed by atoms with van der Waals surface area (Å²) in [7, 11) is 1.76. The highest BCUT2D eigenvalue weighted by molar-refractivity contribution is 6.46. The van der Waals surface area contributed by atoms with Gasteiger partial charge in [-0.05, 0) is 12.1 Å². The first-order chi connectivity index (χ1) is 9.42. The molecule has 0 atom stereocenters. The predicted octanol–water partition coefficient (Wildman–Crippen LogP) is 2.70. The molecule has 0 aliphatic rings. The third-order valence-electron chi connectivity index (χ3n) is 2.91. The molecule has 2 aromatic carbocycles. The minimum Gasteiger partial charge on any atom is -0.429 e. The molecule has 91 valence electrons. The molecule has 3 rings (SSSR count). The molecular formula is C16H13BNO. The zero-order valence-electron chi connectivity index (χ0n) is 10.5. The van der Waals surface area contributed by atoms with E-state index in [1.807, 2.05) is 54.6 Å². The number of rotatable bonds is 4. The van der Waals surface area contributed by atoms with Gasteiger partial charge < -0.3 is 4.65 Å². The van der Waals surface area contributed by atoms with Crippen molar-refractivity contribution in [1.29, 1.82) is 0 Å². The van der Waals surface area contributed by atoms with Crippen molar-refractivity contribution < 1.29 is 4.65 Å². The molecule has 0 saturated heterocycles. The molecule has 0 bridgehead atoms. The van der Waals surface area contributed by atoms with Crippen LogP contribution in [-0.4, -0.2) is 12.5 Å². The summed E-state index contributed by atoms with van der Waals surface area (Å²) in [5.41, 5.74) is 3.00. The Morgan fingerprint density at radius 3 is 2.53 bits per heavy atom. The minimum absolute atomic E-state index is 0.486. The normalized spacial score (nSPS) is 10.5. The molecule has 2 nitrogen and oxygen atoms in total. The summed E-state index contributed by atoms with van der Waals surface area (Å²) in [4.78, 5) is 4.56. The fourth-order valence-electron chi connectivity index (χ4n) is 1.94. The Labute approximate surface area is 113 Å². The Morgan fingerprint density at radius 2 is 1.63 bits per heavy atom. The van der Waals surface area contributed by atoms with Gasteiger partial charge in [0.2, 0.25) is 0 Å². The van der Waals surface area contributed by atoms with Crippen LogP contribution in [0.4, 0.5) is 0 Å². The van der Waals surface area contributed by atoms with Crippen molar-refractivity contribution in [3.8, 4) is 0 Å². The van der Waals surface area contributed by atoms with Crippen LogP contribution in [0.5, 0.6) is 0 Å². The maximum absolute atomic E-state index is 5.57. The third-order valence-corrected chi connectivity index (χ3v) is 2.91. The summed E-state index contributed by atoms with van der Waals surface area (Å²) < 4.78 is 5.57. The van der Waals surface area contributed by atoms with Crippen LogP contribution in [-0.2, 0) is 11.3 Å². The van der Waals surface area contributed by atoms with Gasteiger partial charge >= 0.3 is 7.48 Å². The van der Waals surface area contributed by atoms with Gasteiger partial charge in [-0.2, -0.15) is 0 Å². The minimum atomic E-state index is 0.486. The SMILES string of the molecule is [B](OCc1ccc2ccccc2n1)c1ccccc1. The van der Waals surface area contributed by atoms with E-state index in [1.165, 1.54) is 0 Å². The monoisotopic (exact) mass is 246 g/mol. The van der Waals surface area contributed by atoms with Gasteiger partial charge in [0.1, 0.15) is 0 Å². The van der Waals surface area contributed by atoms with Crippen molar-refractivity contribution in [1.82, 2.24) is 4.98 Å². The Bertz CT molecular complexity index is 670. The Hall–Kier alpha value is -2.13. The Kier molecular flexibility index (Phi) is 3.57. The van der Waals surface area contributed by atoms with Crippen LogP contribution >= 0.6 is 0 Å². The number of hydrogen-bond acceptors (Lipinski definition) is 2. The van der Waals surface area contributed by atoms with Crippen LogP contribution in [0.25, 0.3) is 10.9 Å². The average Bonchev–Trinajstić information content (AvgIpc) is 2.48. The van der Waals surface area contributed by atoms with Crippen molar-refractivity contribution in [2.24, 2.45) is 0 Å². The highest BCUT2D eigenvalue weighted by Crippen LogP contribution is 2.11. The maximum atomic E-state index is 5.57.